The summed E-state index contributed by atoms with van der Waals surface area (Å²) in [6.45, 7) is 0.0921. The number of hydrogen-bond donors (Lipinski definition) is 8. The van der Waals surface area contributed by atoms with Crippen LogP contribution in [-0.2, 0) is 9.47 Å². The molecule has 0 bridgehead atoms. The van der Waals surface area contributed by atoms with Gasteiger partial charge in [-0.1, -0.05) is 17.7 Å². The van der Waals surface area contributed by atoms with E-state index < -0.39 is 73.9 Å². The highest BCUT2D eigenvalue weighted by Gasteiger charge is 2.65. The molecule has 0 radical (unpaired) electrons. The van der Waals surface area contributed by atoms with E-state index in [1.165, 1.54) is 6.07 Å². The van der Waals surface area contributed by atoms with Crippen LogP contribution in [0, 0.1) is 6.92 Å². The average Bonchev–Trinajstić information content (AvgIpc) is 2.75. The van der Waals surface area contributed by atoms with Gasteiger partial charge in [-0.3, -0.25) is 0 Å². The summed E-state index contributed by atoms with van der Waals surface area (Å²) in [5.74, 6) is 0.126. The molecule has 1 aromatic rings. The van der Waals surface area contributed by atoms with E-state index in [4.69, 9.17) is 25.8 Å². The molecule has 0 saturated carbocycles. The molecule has 0 aromatic heterocycles. The van der Waals surface area contributed by atoms with Gasteiger partial charge in [0.1, 0.15) is 54.6 Å². The van der Waals surface area contributed by atoms with Gasteiger partial charge in [-0.2, -0.15) is 0 Å². The Kier molecular flexibility index (Phi) is 7.46. The number of ether oxygens (including phenoxy) is 3. The zero-order valence-corrected chi connectivity index (χ0v) is 17.3. The lowest BCUT2D eigenvalue weighted by molar-refractivity contribution is -0.372. The molecule has 3 rings (SSSR count). The van der Waals surface area contributed by atoms with Crippen molar-refractivity contribution < 1.29 is 55.1 Å². The number of benzene rings is 1. The lowest BCUT2D eigenvalue weighted by Crippen LogP contribution is -2.77. The maximum atomic E-state index is 11.5. The van der Waals surface area contributed by atoms with Crippen molar-refractivity contribution in [3.05, 3.63) is 28.8 Å². The Balaban J connectivity index is 2.04. The molecule has 10 atom stereocenters. The summed E-state index contributed by atoms with van der Waals surface area (Å²) in [7, 11) is 0. The van der Waals surface area contributed by atoms with Crippen LogP contribution in [0.15, 0.2) is 18.2 Å². The number of rotatable bonds is 5. The van der Waals surface area contributed by atoms with E-state index in [0.29, 0.717) is 10.6 Å². The minimum Gasteiger partial charge on any atom is -0.461 e. The molecule has 0 amide bonds. The minimum absolute atomic E-state index is 0.126. The first kappa shape index (κ1) is 24.6. The van der Waals surface area contributed by atoms with E-state index in [-0.39, 0.29) is 5.75 Å². The van der Waals surface area contributed by atoms with Crippen LogP contribution >= 0.6 is 11.6 Å². The third-order valence-electron chi connectivity index (χ3n) is 5.83. The summed E-state index contributed by atoms with van der Waals surface area (Å²) in [5.41, 5.74) is -2.27. The van der Waals surface area contributed by atoms with Gasteiger partial charge in [0.05, 0.1) is 13.2 Å². The SMILES string of the molecule is Cc1c(Cl)cccc1O[C@H]1O[C@H](CO)[C@@H](O)[C@H](O)[C@]1(O)[C@@H]1O[C@H](CO)[C@@H](O)[C@H](O)[C@H]1O. The van der Waals surface area contributed by atoms with Gasteiger partial charge in [0, 0.05) is 10.6 Å². The van der Waals surface area contributed by atoms with Crippen molar-refractivity contribution in [1.82, 2.24) is 0 Å². The average molecular weight is 467 g/mol. The van der Waals surface area contributed by atoms with Crippen LogP contribution in [0.1, 0.15) is 5.56 Å². The monoisotopic (exact) mass is 466 g/mol. The maximum Gasteiger partial charge on any atom is 0.234 e. The van der Waals surface area contributed by atoms with Crippen molar-refractivity contribution in [1.29, 1.82) is 0 Å². The third kappa shape index (κ3) is 4.16. The van der Waals surface area contributed by atoms with Crippen molar-refractivity contribution >= 4 is 11.6 Å². The van der Waals surface area contributed by atoms with Crippen LogP contribution in [0.4, 0.5) is 0 Å². The van der Waals surface area contributed by atoms with E-state index in [2.05, 4.69) is 0 Å². The highest BCUT2D eigenvalue weighted by Crippen LogP contribution is 2.40. The summed E-state index contributed by atoms with van der Waals surface area (Å²) in [6, 6.07) is 4.63. The number of aliphatic hydroxyl groups excluding tert-OH is 7. The molecule has 2 saturated heterocycles. The first-order valence-corrected chi connectivity index (χ1v) is 10.0. The van der Waals surface area contributed by atoms with E-state index >= 15 is 0 Å². The standard InChI is InChI=1S/C19H27ClO11/c1-7-8(20)3-2-4-9(7)30-18-19(28,16(27)13(24)11(6-22)31-18)17-15(26)14(25)12(23)10(5-21)29-17/h2-4,10-18,21-28H,5-6H2,1H3/t10-,11-,12-,13-,14+,15-,16+,17-,18+,19+/m1/s1. The van der Waals surface area contributed by atoms with E-state index in [9.17, 15) is 40.9 Å². The van der Waals surface area contributed by atoms with Gasteiger partial charge < -0.3 is 55.1 Å². The number of aliphatic hydroxyl groups is 8. The first-order valence-electron chi connectivity index (χ1n) is 9.65. The molecule has 2 aliphatic rings. The van der Waals surface area contributed by atoms with Gasteiger partial charge in [-0.05, 0) is 19.1 Å². The van der Waals surface area contributed by atoms with Gasteiger partial charge in [0.2, 0.25) is 6.29 Å². The van der Waals surface area contributed by atoms with Gasteiger partial charge in [-0.15, -0.1) is 0 Å². The molecule has 2 fully saturated rings. The fraction of sp³-hybridized carbons (Fsp3) is 0.684. The lowest BCUT2D eigenvalue weighted by Gasteiger charge is -2.54. The smallest absolute Gasteiger partial charge is 0.234 e. The second-order valence-corrected chi connectivity index (χ2v) is 8.15. The van der Waals surface area contributed by atoms with Crippen LogP contribution < -0.4 is 4.74 Å². The van der Waals surface area contributed by atoms with Gasteiger partial charge >= 0.3 is 0 Å². The van der Waals surface area contributed by atoms with Crippen molar-refractivity contribution in [2.24, 2.45) is 0 Å². The highest BCUT2D eigenvalue weighted by molar-refractivity contribution is 6.31. The predicted octanol–water partition coefficient (Wildman–Crippen LogP) is -2.96. The van der Waals surface area contributed by atoms with Crippen molar-refractivity contribution in [3.63, 3.8) is 0 Å². The Morgan fingerprint density at radius 2 is 1.55 bits per heavy atom. The molecule has 31 heavy (non-hydrogen) atoms. The highest BCUT2D eigenvalue weighted by atomic mass is 35.5. The molecule has 2 heterocycles. The summed E-state index contributed by atoms with van der Waals surface area (Å²) in [5, 5.41) is 82.5. The molecule has 176 valence electrons. The molecule has 12 heteroatoms. The van der Waals surface area contributed by atoms with E-state index in [1.807, 2.05) is 0 Å². The molecule has 8 N–H and O–H groups in total. The third-order valence-corrected chi connectivity index (χ3v) is 6.24. The Labute approximate surface area is 182 Å². The Morgan fingerprint density at radius 1 is 0.935 bits per heavy atom. The maximum absolute atomic E-state index is 11.5. The molecule has 11 nitrogen and oxygen atoms in total. The second kappa shape index (κ2) is 9.41. The Hall–Kier alpha value is -1.09. The van der Waals surface area contributed by atoms with Crippen molar-refractivity contribution in [2.75, 3.05) is 13.2 Å². The quantitative estimate of drug-likeness (QED) is 0.221. The van der Waals surface area contributed by atoms with Gasteiger partial charge in [-0.25, -0.2) is 0 Å². The van der Waals surface area contributed by atoms with Gasteiger partial charge in [0.15, 0.2) is 5.60 Å². The Bertz CT molecular complexity index is 764. The summed E-state index contributed by atoms with van der Waals surface area (Å²) < 4.78 is 16.6. The number of hydrogen-bond acceptors (Lipinski definition) is 11. The van der Waals surface area contributed by atoms with Crippen LogP contribution in [0.25, 0.3) is 0 Å². The zero-order chi connectivity index (χ0) is 23.1. The molecule has 0 spiro atoms. The Morgan fingerprint density at radius 3 is 2.16 bits per heavy atom. The summed E-state index contributed by atoms with van der Waals surface area (Å²) in [6.07, 6.45) is -16.0. The molecule has 0 aliphatic carbocycles. The fourth-order valence-electron chi connectivity index (χ4n) is 3.85. The number of halogens is 1. The van der Waals surface area contributed by atoms with Crippen LogP contribution in [-0.4, -0.2) is 115 Å². The summed E-state index contributed by atoms with van der Waals surface area (Å²) >= 11 is 6.09. The lowest BCUT2D eigenvalue weighted by atomic mass is 9.76. The van der Waals surface area contributed by atoms with E-state index in [1.54, 1.807) is 19.1 Å². The predicted molar refractivity (Wildman–Crippen MR) is 103 cm³/mol. The van der Waals surface area contributed by atoms with E-state index in [0.717, 1.165) is 0 Å². The molecular weight excluding hydrogens is 440 g/mol. The molecular formula is C19H27ClO11. The summed E-state index contributed by atoms with van der Waals surface area (Å²) in [4.78, 5) is 0. The van der Waals surface area contributed by atoms with Crippen LogP contribution in [0.2, 0.25) is 5.02 Å². The molecule has 1 aromatic carbocycles. The normalized spacial score (nSPS) is 43.6. The van der Waals surface area contributed by atoms with Crippen molar-refractivity contribution in [2.45, 2.75) is 67.6 Å². The largest absolute Gasteiger partial charge is 0.461 e. The second-order valence-electron chi connectivity index (χ2n) is 7.74. The zero-order valence-electron chi connectivity index (χ0n) is 16.5. The van der Waals surface area contributed by atoms with Crippen LogP contribution in [0.5, 0.6) is 5.75 Å². The van der Waals surface area contributed by atoms with Crippen molar-refractivity contribution in [3.8, 4) is 5.75 Å². The van der Waals surface area contributed by atoms with Gasteiger partial charge in [0.25, 0.3) is 0 Å². The minimum atomic E-state index is -2.71. The fourth-order valence-corrected chi connectivity index (χ4v) is 4.02. The molecule has 2 aliphatic heterocycles. The van der Waals surface area contributed by atoms with Crippen LogP contribution in [0.3, 0.4) is 0 Å². The first-order chi connectivity index (χ1) is 14.6. The molecule has 0 unspecified atom stereocenters. The topological polar surface area (TPSA) is 190 Å².